The maximum Gasteiger partial charge on any atom is 0.191 e. The lowest BCUT2D eigenvalue weighted by Crippen LogP contribution is -2.07. The standard InChI is InChI=1S/C17H16ClFN4OS/c1-24-9-8-23-16(12-4-6-20-7-5-12)21-22-17(23)25-11-13-2-3-14(19)10-15(13)18/h2-7,10H,8-9,11H2,1H3. The van der Waals surface area contributed by atoms with Crippen LogP contribution in [0.2, 0.25) is 5.02 Å². The first-order valence-electron chi connectivity index (χ1n) is 7.58. The minimum atomic E-state index is -0.345. The second-order valence-corrected chi connectivity index (χ2v) is 6.56. The van der Waals surface area contributed by atoms with Crippen molar-refractivity contribution in [2.75, 3.05) is 13.7 Å². The van der Waals surface area contributed by atoms with Gasteiger partial charge in [-0.15, -0.1) is 10.2 Å². The lowest BCUT2D eigenvalue weighted by Gasteiger charge is -2.10. The third-order valence-corrected chi connectivity index (χ3v) is 4.91. The number of halogens is 2. The Kier molecular flexibility index (Phi) is 6.01. The van der Waals surface area contributed by atoms with Crippen molar-refractivity contribution >= 4 is 23.4 Å². The molecule has 0 radical (unpaired) electrons. The van der Waals surface area contributed by atoms with Crippen LogP contribution in [0.25, 0.3) is 11.4 Å². The fraction of sp³-hybridized carbons (Fsp3) is 0.235. The fourth-order valence-electron chi connectivity index (χ4n) is 2.28. The second kappa shape index (κ2) is 8.42. The van der Waals surface area contributed by atoms with E-state index in [2.05, 4.69) is 15.2 Å². The Morgan fingerprint density at radius 3 is 2.72 bits per heavy atom. The Morgan fingerprint density at radius 2 is 2.00 bits per heavy atom. The molecule has 0 spiro atoms. The van der Waals surface area contributed by atoms with Crippen LogP contribution < -0.4 is 0 Å². The van der Waals surface area contributed by atoms with Gasteiger partial charge in [-0.25, -0.2) is 4.39 Å². The number of thioether (sulfide) groups is 1. The van der Waals surface area contributed by atoms with Gasteiger partial charge in [0.05, 0.1) is 13.2 Å². The van der Waals surface area contributed by atoms with E-state index in [4.69, 9.17) is 16.3 Å². The number of hydrogen-bond acceptors (Lipinski definition) is 5. The van der Waals surface area contributed by atoms with Crippen molar-refractivity contribution in [3.63, 3.8) is 0 Å². The van der Waals surface area contributed by atoms with Crippen molar-refractivity contribution in [3.8, 4) is 11.4 Å². The van der Waals surface area contributed by atoms with E-state index in [1.165, 1.54) is 23.9 Å². The summed E-state index contributed by atoms with van der Waals surface area (Å²) in [6.07, 6.45) is 3.44. The lowest BCUT2D eigenvalue weighted by atomic mass is 10.2. The summed E-state index contributed by atoms with van der Waals surface area (Å²) in [5, 5.41) is 9.76. The third kappa shape index (κ3) is 4.36. The van der Waals surface area contributed by atoms with E-state index in [1.807, 2.05) is 16.7 Å². The van der Waals surface area contributed by atoms with Gasteiger partial charge < -0.3 is 4.74 Å². The minimum Gasteiger partial charge on any atom is -0.383 e. The van der Waals surface area contributed by atoms with E-state index in [0.717, 1.165) is 22.1 Å². The zero-order valence-electron chi connectivity index (χ0n) is 13.5. The number of hydrogen-bond donors (Lipinski definition) is 0. The van der Waals surface area contributed by atoms with Crippen molar-refractivity contribution in [2.24, 2.45) is 0 Å². The van der Waals surface area contributed by atoms with Gasteiger partial charge in [0, 0.05) is 35.8 Å². The molecule has 3 rings (SSSR count). The van der Waals surface area contributed by atoms with E-state index in [9.17, 15) is 4.39 Å². The van der Waals surface area contributed by atoms with Crippen molar-refractivity contribution in [3.05, 3.63) is 59.1 Å². The Bertz CT molecular complexity index is 844. The molecule has 1 aromatic carbocycles. The number of rotatable bonds is 7. The van der Waals surface area contributed by atoms with Crippen molar-refractivity contribution in [2.45, 2.75) is 17.5 Å². The van der Waals surface area contributed by atoms with E-state index < -0.39 is 0 Å². The van der Waals surface area contributed by atoms with Crippen LogP contribution in [-0.4, -0.2) is 33.5 Å². The highest BCUT2D eigenvalue weighted by molar-refractivity contribution is 7.98. The monoisotopic (exact) mass is 378 g/mol. The Hall–Kier alpha value is -1.96. The van der Waals surface area contributed by atoms with Crippen molar-refractivity contribution < 1.29 is 9.13 Å². The van der Waals surface area contributed by atoms with Gasteiger partial charge in [-0.2, -0.15) is 0 Å². The topological polar surface area (TPSA) is 52.8 Å². The van der Waals surface area contributed by atoms with E-state index in [1.54, 1.807) is 25.6 Å². The maximum atomic E-state index is 13.2. The first-order valence-corrected chi connectivity index (χ1v) is 8.94. The first-order chi connectivity index (χ1) is 12.2. The molecule has 3 aromatic rings. The van der Waals surface area contributed by atoms with Gasteiger partial charge in [-0.3, -0.25) is 9.55 Å². The van der Waals surface area contributed by atoms with Crippen LogP contribution in [0.15, 0.2) is 47.9 Å². The van der Waals surface area contributed by atoms with Crippen LogP contribution in [0.5, 0.6) is 0 Å². The zero-order valence-corrected chi connectivity index (χ0v) is 15.1. The number of aromatic nitrogens is 4. The Morgan fingerprint density at radius 1 is 1.20 bits per heavy atom. The molecule has 8 heteroatoms. The molecule has 0 aliphatic carbocycles. The smallest absolute Gasteiger partial charge is 0.191 e. The van der Waals surface area contributed by atoms with Gasteiger partial charge >= 0.3 is 0 Å². The summed E-state index contributed by atoms with van der Waals surface area (Å²) in [7, 11) is 1.65. The SMILES string of the molecule is COCCn1c(SCc2ccc(F)cc2Cl)nnc1-c1ccncc1. The normalized spacial score (nSPS) is 11.0. The summed E-state index contributed by atoms with van der Waals surface area (Å²) in [6, 6.07) is 8.18. The fourth-order valence-corrected chi connectivity index (χ4v) is 3.56. The van der Waals surface area contributed by atoms with Gasteiger partial charge in [-0.05, 0) is 29.8 Å². The van der Waals surface area contributed by atoms with E-state index >= 15 is 0 Å². The summed E-state index contributed by atoms with van der Waals surface area (Å²) >= 11 is 7.59. The Balaban J connectivity index is 1.84. The number of methoxy groups -OCH3 is 1. The van der Waals surface area contributed by atoms with Gasteiger partial charge in [0.25, 0.3) is 0 Å². The van der Waals surface area contributed by atoms with Crippen LogP contribution in [-0.2, 0) is 17.0 Å². The van der Waals surface area contributed by atoms with Gasteiger partial charge in [0.2, 0.25) is 0 Å². The highest BCUT2D eigenvalue weighted by Gasteiger charge is 2.15. The van der Waals surface area contributed by atoms with Gasteiger partial charge in [0.15, 0.2) is 11.0 Å². The molecule has 0 saturated heterocycles. The summed E-state index contributed by atoms with van der Waals surface area (Å²) in [4.78, 5) is 4.03. The van der Waals surface area contributed by atoms with E-state index in [-0.39, 0.29) is 5.82 Å². The van der Waals surface area contributed by atoms with Crippen molar-refractivity contribution in [1.29, 1.82) is 0 Å². The lowest BCUT2D eigenvalue weighted by molar-refractivity contribution is 0.185. The molecule has 2 aromatic heterocycles. The molecule has 0 fully saturated rings. The summed E-state index contributed by atoms with van der Waals surface area (Å²) in [5.74, 6) is 0.981. The molecule has 0 N–H and O–H groups in total. The molecule has 0 saturated carbocycles. The highest BCUT2D eigenvalue weighted by atomic mass is 35.5. The molecule has 5 nitrogen and oxygen atoms in total. The first kappa shape index (κ1) is 17.8. The zero-order chi connectivity index (χ0) is 17.6. The molecule has 0 amide bonds. The Labute approximate surface area is 154 Å². The number of nitrogens with zero attached hydrogens (tertiary/aromatic N) is 4. The molecule has 25 heavy (non-hydrogen) atoms. The molecule has 0 aliphatic heterocycles. The molecule has 0 atom stereocenters. The molecular weight excluding hydrogens is 363 g/mol. The highest BCUT2D eigenvalue weighted by Crippen LogP contribution is 2.28. The molecule has 2 heterocycles. The third-order valence-electron chi connectivity index (χ3n) is 3.55. The summed E-state index contributed by atoms with van der Waals surface area (Å²) < 4.78 is 20.4. The van der Waals surface area contributed by atoms with E-state index in [0.29, 0.717) is 23.9 Å². The van der Waals surface area contributed by atoms with Crippen LogP contribution in [0.1, 0.15) is 5.56 Å². The second-order valence-electron chi connectivity index (χ2n) is 5.21. The quantitative estimate of drug-likeness (QED) is 0.580. The summed E-state index contributed by atoms with van der Waals surface area (Å²) in [5.41, 5.74) is 1.78. The maximum absolute atomic E-state index is 13.2. The number of pyridine rings is 1. The predicted molar refractivity (Wildman–Crippen MR) is 96.1 cm³/mol. The van der Waals surface area contributed by atoms with Crippen molar-refractivity contribution in [1.82, 2.24) is 19.7 Å². The number of ether oxygens (including phenoxy) is 1. The predicted octanol–water partition coefficient (Wildman–Crippen LogP) is 4.07. The van der Waals surface area contributed by atoms with Gasteiger partial charge in [-0.1, -0.05) is 29.4 Å². The summed E-state index contributed by atoms with van der Waals surface area (Å²) in [6.45, 7) is 1.17. The molecule has 0 unspecified atom stereocenters. The molecule has 0 bridgehead atoms. The van der Waals surface area contributed by atoms with Crippen LogP contribution >= 0.6 is 23.4 Å². The molecule has 130 valence electrons. The molecular formula is C17H16ClFN4OS. The minimum absolute atomic E-state index is 0.345. The average molecular weight is 379 g/mol. The number of benzene rings is 1. The van der Waals surface area contributed by atoms with Crippen LogP contribution in [0.3, 0.4) is 0 Å². The molecule has 0 aliphatic rings. The largest absolute Gasteiger partial charge is 0.383 e. The van der Waals surface area contributed by atoms with Crippen LogP contribution in [0.4, 0.5) is 4.39 Å². The van der Waals surface area contributed by atoms with Crippen LogP contribution in [0, 0.1) is 5.82 Å². The average Bonchev–Trinajstić information content (AvgIpc) is 3.02. The van der Waals surface area contributed by atoms with Gasteiger partial charge in [0.1, 0.15) is 5.82 Å².